The van der Waals surface area contributed by atoms with Crippen LogP contribution in [-0.2, 0) is 4.79 Å². The second-order valence-electron chi connectivity index (χ2n) is 4.84. The van der Waals surface area contributed by atoms with Gasteiger partial charge < -0.3 is 10.6 Å². The summed E-state index contributed by atoms with van der Waals surface area (Å²) in [7, 11) is 0. The van der Waals surface area contributed by atoms with Crippen LogP contribution in [0.25, 0.3) is 0 Å². The molecule has 0 aromatic carbocycles. The Balaban J connectivity index is 1.86. The van der Waals surface area contributed by atoms with Gasteiger partial charge in [-0.3, -0.25) is 4.79 Å². The summed E-state index contributed by atoms with van der Waals surface area (Å²) < 4.78 is 0. The van der Waals surface area contributed by atoms with Crippen molar-refractivity contribution in [1.29, 1.82) is 0 Å². The monoisotopic (exact) mass is 234 g/mol. The summed E-state index contributed by atoms with van der Waals surface area (Å²) in [5, 5.41) is 13.9. The molecule has 1 heterocycles. The molecule has 1 aliphatic rings. The minimum Gasteiger partial charge on any atom is -0.368 e. The highest BCUT2D eigenvalue weighted by molar-refractivity contribution is 5.93. The molecule has 2 rings (SSSR count). The summed E-state index contributed by atoms with van der Waals surface area (Å²) >= 11 is 0. The van der Waals surface area contributed by atoms with Crippen LogP contribution < -0.4 is 10.6 Å². The van der Waals surface area contributed by atoms with E-state index >= 15 is 0 Å². The van der Waals surface area contributed by atoms with Gasteiger partial charge in [-0.1, -0.05) is 13.8 Å². The first-order chi connectivity index (χ1) is 8.15. The van der Waals surface area contributed by atoms with Gasteiger partial charge in [0.1, 0.15) is 5.82 Å². The van der Waals surface area contributed by atoms with Crippen LogP contribution in [0.15, 0.2) is 12.1 Å². The molecule has 0 aliphatic heterocycles. The topological polar surface area (TPSA) is 66.9 Å². The van der Waals surface area contributed by atoms with Gasteiger partial charge in [-0.2, -0.15) is 0 Å². The number of anilines is 2. The Morgan fingerprint density at radius 1 is 1.35 bits per heavy atom. The highest BCUT2D eigenvalue weighted by Gasteiger charge is 2.29. The Kier molecular flexibility index (Phi) is 3.56. The summed E-state index contributed by atoms with van der Waals surface area (Å²) in [4.78, 5) is 11.5. The van der Waals surface area contributed by atoms with Gasteiger partial charge in [-0.25, -0.2) is 0 Å². The molecule has 1 fully saturated rings. The van der Waals surface area contributed by atoms with Gasteiger partial charge in [0, 0.05) is 12.5 Å². The lowest BCUT2D eigenvalue weighted by atomic mass is 10.2. The molecule has 0 bridgehead atoms. The zero-order valence-corrected chi connectivity index (χ0v) is 10.2. The molecule has 17 heavy (non-hydrogen) atoms. The number of rotatable bonds is 5. The van der Waals surface area contributed by atoms with Gasteiger partial charge in [0.15, 0.2) is 5.82 Å². The van der Waals surface area contributed by atoms with E-state index in [1.807, 2.05) is 6.07 Å². The lowest BCUT2D eigenvalue weighted by Crippen LogP contribution is -2.15. The molecule has 92 valence electrons. The van der Waals surface area contributed by atoms with Crippen molar-refractivity contribution < 1.29 is 4.79 Å². The number of hydrogen-bond donors (Lipinski definition) is 2. The Morgan fingerprint density at radius 2 is 2.00 bits per heavy atom. The molecule has 5 nitrogen and oxygen atoms in total. The van der Waals surface area contributed by atoms with Crippen LogP contribution in [0, 0.1) is 11.8 Å². The quantitative estimate of drug-likeness (QED) is 0.816. The highest BCUT2D eigenvalue weighted by atomic mass is 16.2. The van der Waals surface area contributed by atoms with Gasteiger partial charge in [0.25, 0.3) is 0 Å². The van der Waals surface area contributed by atoms with E-state index < -0.39 is 0 Å². The van der Waals surface area contributed by atoms with Gasteiger partial charge in [-0.15, -0.1) is 10.2 Å². The minimum absolute atomic E-state index is 0.0576. The van der Waals surface area contributed by atoms with Gasteiger partial charge in [-0.05, 0) is 30.9 Å². The third-order valence-corrected chi connectivity index (χ3v) is 2.56. The molecule has 0 spiro atoms. The van der Waals surface area contributed by atoms with E-state index in [9.17, 15) is 4.79 Å². The standard InChI is InChI=1S/C12H18N4O/c1-8(2)7-13-10-5-6-11(16-15-10)14-12(17)9-3-4-9/h5-6,8-9H,3-4,7H2,1-2H3,(H,13,15)(H,14,16,17). The first-order valence-electron chi connectivity index (χ1n) is 6.03. The molecule has 0 unspecified atom stereocenters. The number of aromatic nitrogens is 2. The maximum absolute atomic E-state index is 11.5. The van der Waals surface area contributed by atoms with E-state index in [0.29, 0.717) is 11.7 Å². The van der Waals surface area contributed by atoms with Gasteiger partial charge in [0.2, 0.25) is 5.91 Å². The molecule has 1 aromatic heterocycles. The van der Waals surface area contributed by atoms with Crippen molar-refractivity contribution in [2.75, 3.05) is 17.2 Å². The Bertz CT molecular complexity index is 384. The van der Waals surface area contributed by atoms with Crippen LogP contribution in [0.4, 0.5) is 11.6 Å². The lowest BCUT2D eigenvalue weighted by Gasteiger charge is -2.08. The van der Waals surface area contributed by atoms with Crippen molar-refractivity contribution in [2.45, 2.75) is 26.7 Å². The predicted octanol–water partition coefficient (Wildman–Crippen LogP) is 1.89. The van der Waals surface area contributed by atoms with Crippen molar-refractivity contribution in [2.24, 2.45) is 11.8 Å². The van der Waals surface area contributed by atoms with Crippen molar-refractivity contribution >= 4 is 17.5 Å². The SMILES string of the molecule is CC(C)CNc1ccc(NC(=O)C2CC2)nn1. The molecule has 1 aliphatic carbocycles. The van der Waals surface area contributed by atoms with E-state index in [0.717, 1.165) is 25.2 Å². The fourth-order valence-corrected chi connectivity index (χ4v) is 1.38. The smallest absolute Gasteiger partial charge is 0.228 e. The first kappa shape index (κ1) is 11.8. The van der Waals surface area contributed by atoms with Crippen LogP contribution in [-0.4, -0.2) is 22.6 Å². The Hall–Kier alpha value is -1.65. The molecule has 0 radical (unpaired) electrons. The van der Waals surface area contributed by atoms with Crippen LogP contribution >= 0.6 is 0 Å². The highest BCUT2D eigenvalue weighted by Crippen LogP contribution is 2.29. The zero-order valence-electron chi connectivity index (χ0n) is 10.2. The van der Waals surface area contributed by atoms with Crippen LogP contribution in [0.2, 0.25) is 0 Å². The number of nitrogens with one attached hydrogen (secondary N) is 2. The van der Waals surface area contributed by atoms with E-state index in [1.165, 1.54) is 0 Å². The maximum Gasteiger partial charge on any atom is 0.228 e. The second kappa shape index (κ2) is 5.12. The van der Waals surface area contributed by atoms with E-state index in [-0.39, 0.29) is 11.8 Å². The fourth-order valence-electron chi connectivity index (χ4n) is 1.38. The Labute approximate surface area is 101 Å². The number of carbonyl (C=O) groups excluding carboxylic acids is 1. The lowest BCUT2D eigenvalue weighted by molar-refractivity contribution is -0.117. The first-order valence-corrected chi connectivity index (χ1v) is 6.03. The summed E-state index contributed by atoms with van der Waals surface area (Å²) in [6.07, 6.45) is 1.99. The molecule has 1 aromatic rings. The van der Waals surface area contributed by atoms with E-state index in [1.54, 1.807) is 6.07 Å². The predicted molar refractivity (Wildman–Crippen MR) is 66.7 cm³/mol. The average Bonchev–Trinajstić information content (AvgIpc) is 3.12. The summed E-state index contributed by atoms with van der Waals surface area (Å²) in [5.74, 6) is 2.07. The molecular formula is C12H18N4O. The number of amides is 1. The number of carbonyl (C=O) groups is 1. The number of hydrogen-bond acceptors (Lipinski definition) is 4. The molecule has 5 heteroatoms. The van der Waals surface area contributed by atoms with Crippen LogP contribution in [0.5, 0.6) is 0 Å². The fraction of sp³-hybridized carbons (Fsp3) is 0.583. The third kappa shape index (κ3) is 3.69. The minimum atomic E-state index is 0.0576. The maximum atomic E-state index is 11.5. The van der Waals surface area contributed by atoms with Gasteiger partial charge >= 0.3 is 0 Å². The molecule has 0 saturated heterocycles. The zero-order chi connectivity index (χ0) is 12.3. The van der Waals surface area contributed by atoms with Crippen molar-refractivity contribution in [3.63, 3.8) is 0 Å². The third-order valence-electron chi connectivity index (χ3n) is 2.56. The number of nitrogens with zero attached hydrogens (tertiary/aromatic N) is 2. The second-order valence-corrected chi connectivity index (χ2v) is 4.84. The summed E-state index contributed by atoms with van der Waals surface area (Å²) in [6.45, 7) is 5.12. The molecule has 1 saturated carbocycles. The van der Waals surface area contributed by atoms with Crippen molar-refractivity contribution in [1.82, 2.24) is 10.2 Å². The van der Waals surface area contributed by atoms with Crippen molar-refractivity contribution in [3.05, 3.63) is 12.1 Å². The molecule has 0 atom stereocenters. The van der Waals surface area contributed by atoms with Gasteiger partial charge in [0.05, 0.1) is 0 Å². The molecule has 2 N–H and O–H groups in total. The summed E-state index contributed by atoms with van der Waals surface area (Å²) in [6, 6.07) is 3.60. The van der Waals surface area contributed by atoms with E-state index in [2.05, 4.69) is 34.7 Å². The Morgan fingerprint density at radius 3 is 2.53 bits per heavy atom. The largest absolute Gasteiger partial charge is 0.368 e. The van der Waals surface area contributed by atoms with E-state index in [4.69, 9.17) is 0 Å². The van der Waals surface area contributed by atoms with Crippen molar-refractivity contribution in [3.8, 4) is 0 Å². The van der Waals surface area contributed by atoms with Crippen LogP contribution in [0.3, 0.4) is 0 Å². The average molecular weight is 234 g/mol. The molecule has 1 amide bonds. The normalized spacial score (nSPS) is 14.8. The summed E-state index contributed by atoms with van der Waals surface area (Å²) in [5.41, 5.74) is 0. The molecular weight excluding hydrogens is 216 g/mol. The van der Waals surface area contributed by atoms with Crippen LogP contribution in [0.1, 0.15) is 26.7 Å².